The maximum absolute atomic E-state index is 11.4. The molecule has 0 spiro atoms. The predicted octanol–water partition coefficient (Wildman–Crippen LogP) is 2.91. The molecule has 1 N–H and O–H groups in total. The minimum absolute atomic E-state index is 0.160. The van der Waals surface area contributed by atoms with Gasteiger partial charge in [-0.25, -0.2) is 15.0 Å². The summed E-state index contributed by atoms with van der Waals surface area (Å²) >= 11 is 4.68. The zero-order valence-corrected chi connectivity index (χ0v) is 13.2. The lowest BCUT2D eigenvalue weighted by atomic mass is 10.2. The molecule has 7 heteroatoms. The molecule has 0 fully saturated rings. The lowest BCUT2D eigenvalue weighted by molar-refractivity contribution is 0.746. The van der Waals surface area contributed by atoms with Crippen LogP contribution in [0.3, 0.4) is 0 Å². The van der Waals surface area contributed by atoms with Gasteiger partial charge in [0.25, 0.3) is 5.56 Å². The van der Waals surface area contributed by atoms with Gasteiger partial charge in [-0.05, 0) is 34.6 Å². The molecule has 2 heterocycles. The normalized spacial score (nSPS) is 11.0. The van der Waals surface area contributed by atoms with Gasteiger partial charge in [0.05, 0.1) is 0 Å². The van der Waals surface area contributed by atoms with Crippen LogP contribution in [0.4, 0.5) is 0 Å². The average molecular weight is 341 g/mol. The van der Waals surface area contributed by atoms with Crippen LogP contribution in [0.1, 0.15) is 31.3 Å². The zero-order chi connectivity index (χ0) is 14.0. The molecule has 0 aromatic carbocycles. The Morgan fingerprint density at radius 3 is 2.63 bits per heavy atom. The zero-order valence-electron chi connectivity index (χ0n) is 10.8. The van der Waals surface area contributed by atoms with E-state index in [-0.39, 0.29) is 11.5 Å². The van der Waals surface area contributed by atoms with Crippen molar-refractivity contribution in [2.75, 3.05) is 0 Å². The highest BCUT2D eigenvalue weighted by Crippen LogP contribution is 2.25. The minimum atomic E-state index is -0.160. The topological polar surface area (TPSA) is 71.5 Å². The van der Waals surface area contributed by atoms with Crippen molar-refractivity contribution in [1.29, 1.82) is 0 Å². The van der Waals surface area contributed by atoms with Crippen LogP contribution in [0.5, 0.6) is 0 Å². The molecular formula is C12H13BrN4OS. The summed E-state index contributed by atoms with van der Waals surface area (Å²) in [5.74, 6) is 0.994. The van der Waals surface area contributed by atoms with Crippen LogP contribution in [0.2, 0.25) is 0 Å². The Morgan fingerprint density at radius 1 is 1.26 bits per heavy atom. The van der Waals surface area contributed by atoms with Gasteiger partial charge in [-0.1, -0.05) is 13.8 Å². The van der Waals surface area contributed by atoms with Gasteiger partial charge < -0.3 is 4.98 Å². The summed E-state index contributed by atoms with van der Waals surface area (Å²) < 4.78 is 0.726. The van der Waals surface area contributed by atoms with Crippen LogP contribution in [0.25, 0.3) is 0 Å². The Balaban J connectivity index is 2.35. The Hall–Kier alpha value is -1.21. The third-order valence-corrected chi connectivity index (χ3v) is 3.47. The molecule has 0 unspecified atom stereocenters. The molecule has 0 saturated heterocycles. The van der Waals surface area contributed by atoms with Crippen LogP contribution < -0.4 is 5.56 Å². The van der Waals surface area contributed by atoms with Gasteiger partial charge >= 0.3 is 0 Å². The number of aryl methyl sites for hydroxylation is 1. The number of halogens is 1. The molecule has 0 amide bonds. The molecule has 0 aliphatic heterocycles. The number of hydrogen-bond acceptors (Lipinski definition) is 5. The monoisotopic (exact) mass is 340 g/mol. The summed E-state index contributed by atoms with van der Waals surface area (Å²) in [7, 11) is 0. The highest BCUT2D eigenvalue weighted by atomic mass is 79.9. The van der Waals surface area contributed by atoms with Crippen molar-refractivity contribution in [3.05, 3.63) is 38.6 Å². The quantitative estimate of drug-likeness (QED) is 0.687. The summed E-state index contributed by atoms with van der Waals surface area (Å²) in [6.07, 6.45) is 0. The number of rotatable bonds is 3. The Bertz CT molecular complexity index is 656. The fourth-order valence-corrected chi connectivity index (χ4v) is 2.82. The maximum atomic E-state index is 11.4. The van der Waals surface area contributed by atoms with Gasteiger partial charge in [-0.2, -0.15) is 0 Å². The van der Waals surface area contributed by atoms with Crippen molar-refractivity contribution in [3.8, 4) is 0 Å². The van der Waals surface area contributed by atoms with Crippen LogP contribution in [-0.4, -0.2) is 19.9 Å². The van der Waals surface area contributed by atoms with E-state index in [1.54, 1.807) is 13.0 Å². The molecule has 19 heavy (non-hydrogen) atoms. The molecule has 0 aliphatic carbocycles. The Morgan fingerprint density at radius 2 is 2.00 bits per heavy atom. The summed E-state index contributed by atoms with van der Waals surface area (Å²) in [6, 6.07) is 3.26. The number of nitrogens with one attached hydrogen (secondary N) is 1. The second kappa shape index (κ2) is 5.83. The summed E-state index contributed by atoms with van der Waals surface area (Å²) in [5.41, 5.74) is 0.524. The van der Waals surface area contributed by atoms with E-state index in [2.05, 4.69) is 35.9 Å². The second-order valence-corrected chi connectivity index (χ2v) is 6.16. The van der Waals surface area contributed by atoms with E-state index in [9.17, 15) is 4.79 Å². The van der Waals surface area contributed by atoms with Gasteiger partial charge in [0.2, 0.25) is 0 Å². The smallest absolute Gasteiger partial charge is 0.251 e. The van der Waals surface area contributed by atoms with Crippen LogP contribution in [0, 0.1) is 6.92 Å². The van der Waals surface area contributed by atoms with E-state index in [4.69, 9.17) is 0 Å². The molecule has 2 rings (SSSR count). The van der Waals surface area contributed by atoms with Crippen molar-refractivity contribution in [2.24, 2.45) is 0 Å². The second-order valence-electron chi connectivity index (χ2n) is 4.34. The molecule has 2 aromatic heterocycles. The summed E-state index contributed by atoms with van der Waals surface area (Å²) in [4.78, 5) is 27.1. The van der Waals surface area contributed by atoms with Gasteiger partial charge in [-0.3, -0.25) is 4.79 Å². The van der Waals surface area contributed by atoms with E-state index in [1.807, 2.05) is 13.8 Å². The standard InChI is InChI=1S/C12H13BrN4OS/c1-6(2)11-15-8(13)5-10(17-11)19-12-14-7(3)4-9(18)16-12/h4-6H,1-3H3,(H,14,16,18). The molecule has 0 saturated carbocycles. The highest BCUT2D eigenvalue weighted by molar-refractivity contribution is 9.10. The number of aromatic amines is 1. The van der Waals surface area contributed by atoms with E-state index in [1.165, 1.54) is 17.8 Å². The first-order chi connectivity index (χ1) is 8.94. The third kappa shape index (κ3) is 3.87. The van der Waals surface area contributed by atoms with E-state index in [0.29, 0.717) is 10.9 Å². The lowest BCUT2D eigenvalue weighted by Gasteiger charge is -2.07. The van der Waals surface area contributed by atoms with Crippen LogP contribution >= 0.6 is 27.7 Å². The van der Waals surface area contributed by atoms with Gasteiger partial charge in [0, 0.05) is 23.7 Å². The van der Waals surface area contributed by atoms with Crippen molar-refractivity contribution in [3.63, 3.8) is 0 Å². The molecule has 0 bridgehead atoms. The molecule has 0 atom stereocenters. The van der Waals surface area contributed by atoms with Crippen molar-refractivity contribution in [2.45, 2.75) is 36.9 Å². The molecular weight excluding hydrogens is 328 g/mol. The number of hydrogen-bond donors (Lipinski definition) is 1. The fourth-order valence-electron chi connectivity index (χ4n) is 1.42. The van der Waals surface area contributed by atoms with E-state index < -0.39 is 0 Å². The fraction of sp³-hybridized carbons (Fsp3) is 0.333. The molecule has 2 aromatic rings. The Kier molecular flexibility index (Phi) is 4.36. The molecule has 5 nitrogen and oxygen atoms in total. The number of aromatic nitrogens is 4. The molecule has 0 aliphatic rings. The first-order valence-corrected chi connectivity index (χ1v) is 7.35. The van der Waals surface area contributed by atoms with Crippen LogP contribution in [-0.2, 0) is 0 Å². The first-order valence-electron chi connectivity index (χ1n) is 5.74. The van der Waals surface area contributed by atoms with Gasteiger partial charge in [0.1, 0.15) is 15.5 Å². The molecule has 100 valence electrons. The van der Waals surface area contributed by atoms with Gasteiger partial charge in [-0.15, -0.1) is 0 Å². The number of nitrogens with zero attached hydrogens (tertiary/aromatic N) is 3. The largest absolute Gasteiger partial charge is 0.301 e. The third-order valence-electron chi connectivity index (χ3n) is 2.25. The molecule has 0 radical (unpaired) electrons. The first kappa shape index (κ1) is 14.2. The predicted molar refractivity (Wildman–Crippen MR) is 77.5 cm³/mol. The average Bonchev–Trinajstić information content (AvgIpc) is 2.26. The van der Waals surface area contributed by atoms with Gasteiger partial charge in [0.15, 0.2) is 5.16 Å². The van der Waals surface area contributed by atoms with E-state index >= 15 is 0 Å². The Labute approximate surface area is 123 Å². The summed E-state index contributed by atoms with van der Waals surface area (Å²) in [6.45, 7) is 5.85. The maximum Gasteiger partial charge on any atom is 0.251 e. The minimum Gasteiger partial charge on any atom is -0.301 e. The number of H-pyrrole nitrogens is 1. The van der Waals surface area contributed by atoms with Crippen molar-refractivity contribution < 1.29 is 0 Å². The summed E-state index contributed by atoms with van der Waals surface area (Å²) in [5, 5.41) is 1.28. The SMILES string of the molecule is Cc1cc(=O)[nH]c(Sc2cc(Br)nc(C(C)C)n2)n1. The van der Waals surface area contributed by atoms with Crippen molar-refractivity contribution >= 4 is 27.7 Å². The van der Waals surface area contributed by atoms with Crippen molar-refractivity contribution in [1.82, 2.24) is 19.9 Å². The van der Waals surface area contributed by atoms with E-state index in [0.717, 1.165) is 15.5 Å². The highest BCUT2D eigenvalue weighted by Gasteiger charge is 2.09. The lowest BCUT2D eigenvalue weighted by Crippen LogP contribution is -2.08. The van der Waals surface area contributed by atoms with Crippen LogP contribution in [0.15, 0.2) is 31.7 Å².